The van der Waals surface area contributed by atoms with Crippen molar-refractivity contribution in [2.24, 2.45) is 0 Å². The van der Waals surface area contributed by atoms with Gasteiger partial charge in [-0.25, -0.2) is 0 Å². The van der Waals surface area contributed by atoms with Crippen LogP contribution in [0.15, 0.2) is 48.5 Å². The molecule has 0 heterocycles. The summed E-state index contributed by atoms with van der Waals surface area (Å²) in [4.78, 5) is 0. The molecule has 0 aromatic heterocycles. The van der Waals surface area contributed by atoms with E-state index in [1.54, 1.807) is 0 Å². The van der Waals surface area contributed by atoms with Gasteiger partial charge in [-0.1, -0.05) is 102 Å². The maximum atomic E-state index is 2.28. The molecule has 0 amide bonds. The Labute approximate surface area is 135 Å². The maximum Gasteiger partial charge on any atom is -0.0132 e. The van der Waals surface area contributed by atoms with Crippen LogP contribution in [0.1, 0.15) is 63.8 Å². The average Bonchev–Trinajstić information content (AvgIpc) is 2.44. The second kappa shape index (κ2) is 6.12. The quantitative estimate of drug-likeness (QED) is 0.558. The fraction of sp³-hybridized carbons (Fsp3) is 0.364. The molecule has 116 valence electrons. The van der Waals surface area contributed by atoms with Crippen molar-refractivity contribution in [1.29, 1.82) is 0 Å². The number of benzene rings is 2. The van der Waals surface area contributed by atoms with Gasteiger partial charge >= 0.3 is 0 Å². The van der Waals surface area contributed by atoms with Gasteiger partial charge in [0.1, 0.15) is 0 Å². The zero-order valence-electron chi connectivity index (χ0n) is 14.8. The number of rotatable bonds is 2. The van der Waals surface area contributed by atoms with Crippen LogP contribution in [0.4, 0.5) is 0 Å². The third kappa shape index (κ3) is 4.34. The summed E-state index contributed by atoms with van der Waals surface area (Å²) >= 11 is 0. The monoisotopic (exact) mass is 292 g/mol. The van der Waals surface area contributed by atoms with Crippen LogP contribution in [0.25, 0.3) is 12.2 Å². The second-order valence-corrected chi connectivity index (χ2v) is 8.08. The van der Waals surface area contributed by atoms with Gasteiger partial charge in [-0.05, 0) is 33.1 Å². The predicted octanol–water partition coefficient (Wildman–Crippen LogP) is 6.45. The van der Waals surface area contributed by atoms with Crippen LogP contribution in [-0.2, 0) is 10.8 Å². The summed E-state index contributed by atoms with van der Waals surface area (Å²) in [5, 5.41) is 0. The largest absolute Gasteiger partial charge is 0.0614 e. The molecule has 0 radical (unpaired) electrons. The molecule has 0 N–H and O–H groups in total. The highest BCUT2D eigenvalue weighted by molar-refractivity contribution is 5.70. The zero-order chi connectivity index (χ0) is 16.4. The molecule has 0 aliphatic heterocycles. The summed E-state index contributed by atoms with van der Waals surface area (Å²) in [5.74, 6) is 0. The lowest BCUT2D eigenvalue weighted by atomic mass is 9.86. The summed E-state index contributed by atoms with van der Waals surface area (Å²) in [6.45, 7) is 13.5. The highest BCUT2D eigenvalue weighted by atomic mass is 14.2. The van der Waals surface area contributed by atoms with Crippen LogP contribution in [-0.4, -0.2) is 0 Å². The molecule has 0 aliphatic rings. The van der Waals surface area contributed by atoms with E-state index in [1.165, 1.54) is 22.3 Å². The van der Waals surface area contributed by atoms with Crippen molar-refractivity contribution < 1.29 is 0 Å². The Morgan fingerprint density at radius 1 is 0.591 bits per heavy atom. The van der Waals surface area contributed by atoms with Crippen molar-refractivity contribution in [2.75, 3.05) is 0 Å². The topological polar surface area (TPSA) is 0 Å². The molecule has 0 saturated heterocycles. The highest BCUT2D eigenvalue weighted by Crippen LogP contribution is 2.24. The van der Waals surface area contributed by atoms with Gasteiger partial charge in [-0.15, -0.1) is 0 Å². The van der Waals surface area contributed by atoms with Crippen LogP contribution in [0, 0.1) is 0 Å². The second-order valence-electron chi connectivity index (χ2n) is 8.08. The molecule has 0 nitrogen and oxygen atoms in total. The fourth-order valence-corrected chi connectivity index (χ4v) is 2.40. The minimum Gasteiger partial charge on any atom is -0.0614 e. The van der Waals surface area contributed by atoms with Crippen molar-refractivity contribution in [1.82, 2.24) is 0 Å². The van der Waals surface area contributed by atoms with Crippen LogP contribution in [0.2, 0.25) is 0 Å². The summed E-state index contributed by atoms with van der Waals surface area (Å²) in [6, 6.07) is 17.6. The van der Waals surface area contributed by atoms with E-state index < -0.39 is 0 Å². The third-order valence-electron chi connectivity index (χ3n) is 4.00. The Morgan fingerprint density at radius 2 is 1.14 bits per heavy atom. The first kappa shape index (κ1) is 16.5. The van der Waals surface area contributed by atoms with E-state index in [4.69, 9.17) is 0 Å². The molecular formula is C22H28. The fourth-order valence-electron chi connectivity index (χ4n) is 2.40. The normalized spacial score (nSPS) is 12.8. The molecule has 2 aromatic carbocycles. The van der Waals surface area contributed by atoms with Crippen molar-refractivity contribution in [2.45, 2.75) is 52.4 Å². The minimum absolute atomic E-state index is 0.193. The molecule has 0 bridgehead atoms. The number of hydrogen-bond acceptors (Lipinski definition) is 0. The maximum absolute atomic E-state index is 2.28. The van der Waals surface area contributed by atoms with Gasteiger partial charge in [0.15, 0.2) is 0 Å². The van der Waals surface area contributed by atoms with Crippen LogP contribution >= 0.6 is 0 Å². The Bertz CT molecular complexity index is 644. The van der Waals surface area contributed by atoms with Gasteiger partial charge in [-0.2, -0.15) is 0 Å². The molecule has 0 spiro atoms. The first-order chi connectivity index (χ1) is 10.2. The van der Waals surface area contributed by atoms with Gasteiger partial charge in [0.2, 0.25) is 0 Å². The van der Waals surface area contributed by atoms with E-state index in [1.807, 2.05) is 0 Å². The molecule has 2 aromatic rings. The molecule has 2 rings (SSSR count). The first-order valence-corrected chi connectivity index (χ1v) is 8.05. The number of hydrogen-bond donors (Lipinski definition) is 0. The van der Waals surface area contributed by atoms with E-state index in [0.29, 0.717) is 0 Å². The van der Waals surface area contributed by atoms with E-state index in [9.17, 15) is 0 Å². The smallest absolute Gasteiger partial charge is 0.0132 e. The van der Waals surface area contributed by atoms with E-state index in [2.05, 4.69) is 102 Å². The van der Waals surface area contributed by atoms with E-state index in [-0.39, 0.29) is 10.8 Å². The van der Waals surface area contributed by atoms with Gasteiger partial charge in [0, 0.05) is 0 Å². The Morgan fingerprint density at radius 3 is 1.68 bits per heavy atom. The minimum atomic E-state index is 0.193. The lowest BCUT2D eigenvalue weighted by Crippen LogP contribution is -2.10. The van der Waals surface area contributed by atoms with Crippen molar-refractivity contribution in [3.63, 3.8) is 0 Å². The lowest BCUT2D eigenvalue weighted by Gasteiger charge is -2.19. The molecule has 0 atom stereocenters. The molecule has 0 fully saturated rings. The highest BCUT2D eigenvalue weighted by Gasteiger charge is 2.13. The Balaban J connectivity index is 2.19. The SMILES string of the molecule is CC(C)(C)c1ccc(/C=C/c2cccc(C(C)(C)C)c2)cc1. The Hall–Kier alpha value is -1.82. The average molecular weight is 292 g/mol. The Kier molecular flexibility index (Phi) is 4.60. The van der Waals surface area contributed by atoms with E-state index in [0.717, 1.165) is 0 Å². The van der Waals surface area contributed by atoms with Crippen molar-refractivity contribution in [3.05, 3.63) is 70.8 Å². The van der Waals surface area contributed by atoms with E-state index >= 15 is 0 Å². The summed E-state index contributed by atoms with van der Waals surface area (Å²) in [7, 11) is 0. The molecule has 22 heavy (non-hydrogen) atoms. The summed E-state index contributed by atoms with van der Waals surface area (Å²) < 4.78 is 0. The summed E-state index contributed by atoms with van der Waals surface area (Å²) in [6.07, 6.45) is 4.38. The summed E-state index contributed by atoms with van der Waals surface area (Å²) in [5.41, 5.74) is 5.65. The van der Waals surface area contributed by atoms with Crippen molar-refractivity contribution >= 4 is 12.2 Å². The van der Waals surface area contributed by atoms with Crippen LogP contribution in [0.3, 0.4) is 0 Å². The molecule has 0 saturated carbocycles. The van der Waals surface area contributed by atoms with Crippen LogP contribution in [0.5, 0.6) is 0 Å². The van der Waals surface area contributed by atoms with Gasteiger partial charge in [-0.3, -0.25) is 0 Å². The van der Waals surface area contributed by atoms with Gasteiger partial charge in [0.25, 0.3) is 0 Å². The molecular weight excluding hydrogens is 264 g/mol. The van der Waals surface area contributed by atoms with Crippen LogP contribution < -0.4 is 0 Å². The predicted molar refractivity (Wildman–Crippen MR) is 99.2 cm³/mol. The molecule has 0 unspecified atom stereocenters. The lowest BCUT2D eigenvalue weighted by molar-refractivity contribution is 0.590. The molecule has 0 aliphatic carbocycles. The third-order valence-corrected chi connectivity index (χ3v) is 4.00. The standard InChI is InChI=1S/C22H28/c1-21(2,3)19-14-12-17(13-15-19)10-11-18-8-7-9-20(16-18)22(4,5)6/h7-16H,1-6H3/b11-10+. The van der Waals surface area contributed by atoms with Crippen molar-refractivity contribution in [3.8, 4) is 0 Å². The molecule has 0 heteroatoms. The zero-order valence-corrected chi connectivity index (χ0v) is 14.8. The van der Waals surface area contributed by atoms with Gasteiger partial charge < -0.3 is 0 Å². The van der Waals surface area contributed by atoms with Gasteiger partial charge in [0.05, 0.1) is 0 Å². The first-order valence-electron chi connectivity index (χ1n) is 8.05.